The minimum atomic E-state index is 0.211. The number of nitrogens with zero attached hydrogens (tertiary/aromatic N) is 4. The van der Waals surface area contributed by atoms with Crippen LogP contribution in [0.25, 0.3) is 10.9 Å². The molecule has 4 aromatic rings. The molecule has 0 bridgehead atoms. The second-order valence-electron chi connectivity index (χ2n) is 8.99. The van der Waals surface area contributed by atoms with Crippen molar-refractivity contribution in [2.45, 2.75) is 25.0 Å². The van der Waals surface area contributed by atoms with Crippen molar-refractivity contribution in [2.75, 3.05) is 38.9 Å². The van der Waals surface area contributed by atoms with E-state index in [2.05, 4.69) is 44.6 Å². The van der Waals surface area contributed by atoms with Crippen LogP contribution in [0.5, 0.6) is 17.2 Å². The fourth-order valence-corrected chi connectivity index (χ4v) is 4.14. The molecule has 2 N–H and O–H groups in total. The van der Waals surface area contributed by atoms with Crippen LogP contribution in [0.4, 0.5) is 23.1 Å². The maximum absolute atomic E-state index is 6.15. The number of ether oxygens (including phenoxy) is 3. The van der Waals surface area contributed by atoms with E-state index in [1.807, 2.05) is 42.5 Å². The van der Waals surface area contributed by atoms with Crippen molar-refractivity contribution in [1.29, 1.82) is 0 Å². The van der Waals surface area contributed by atoms with E-state index in [0.29, 0.717) is 23.6 Å². The molecule has 186 valence electrons. The number of hydrogen-bond acceptors (Lipinski definition) is 9. The highest BCUT2D eigenvalue weighted by Gasteiger charge is 2.32. The maximum atomic E-state index is 6.15. The maximum Gasteiger partial charge on any atom is 0.229 e. The van der Waals surface area contributed by atoms with Gasteiger partial charge >= 0.3 is 0 Å². The summed E-state index contributed by atoms with van der Waals surface area (Å²) in [6.07, 6.45) is 5.71. The van der Waals surface area contributed by atoms with E-state index in [9.17, 15) is 0 Å². The molecule has 0 spiro atoms. The van der Waals surface area contributed by atoms with Gasteiger partial charge < -0.3 is 29.7 Å². The highest BCUT2D eigenvalue weighted by molar-refractivity contribution is 5.83. The van der Waals surface area contributed by atoms with Gasteiger partial charge in [0.25, 0.3) is 0 Å². The molecule has 2 aromatic carbocycles. The molecular weight excluding hydrogens is 456 g/mol. The molecule has 0 unspecified atom stereocenters. The van der Waals surface area contributed by atoms with Crippen LogP contribution in [-0.4, -0.2) is 60.3 Å². The second-order valence-corrected chi connectivity index (χ2v) is 8.99. The van der Waals surface area contributed by atoms with E-state index in [0.717, 1.165) is 46.6 Å². The van der Waals surface area contributed by atoms with Gasteiger partial charge in [-0.25, -0.2) is 4.98 Å². The summed E-state index contributed by atoms with van der Waals surface area (Å²) in [6, 6.07) is 15.9. The molecule has 0 atom stereocenters. The molecule has 0 amide bonds. The Balaban J connectivity index is 1.26. The number of benzene rings is 2. The Morgan fingerprint density at radius 2 is 1.72 bits per heavy atom. The van der Waals surface area contributed by atoms with Crippen LogP contribution in [0.1, 0.15) is 12.8 Å². The van der Waals surface area contributed by atoms with Crippen molar-refractivity contribution >= 4 is 34.0 Å². The monoisotopic (exact) mass is 486 g/mol. The molecule has 1 aliphatic carbocycles. The molecule has 0 radical (unpaired) electrons. The van der Waals surface area contributed by atoms with Crippen LogP contribution < -0.4 is 24.8 Å². The molecule has 36 heavy (non-hydrogen) atoms. The predicted octanol–water partition coefficient (Wildman–Crippen LogP) is 5.00. The van der Waals surface area contributed by atoms with Crippen molar-refractivity contribution in [3.8, 4) is 17.2 Å². The van der Waals surface area contributed by atoms with Crippen LogP contribution in [0.15, 0.2) is 60.9 Å². The molecule has 0 aliphatic heterocycles. The van der Waals surface area contributed by atoms with Crippen LogP contribution in [-0.2, 0) is 0 Å². The first-order valence-corrected chi connectivity index (χ1v) is 11.8. The fraction of sp³-hybridized carbons (Fsp3) is 0.296. The number of aromatic nitrogens is 3. The highest BCUT2D eigenvalue weighted by atomic mass is 16.5. The molecule has 9 heteroatoms. The molecule has 1 aliphatic rings. The van der Waals surface area contributed by atoms with Crippen molar-refractivity contribution in [1.82, 2.24) is 19.9 Å². The Hall–Kier alpha value is -4.11. The third-order valence-electron chi connectivity index (χ3n) is 6.33. The first kappa shape index (κ1) is 23.6. The topological polar surface area (TPSA) is 93.7 Å². The molecular formula is C27H30N6O3. The van der Waals surface area contributed by atoms with E-state index in [1.165, 1.54) is 0 Å². The fourth-order valence-electron chi connectivity index (χ4n) is 4.14. The van der Waals surface area contributed by atoms with Gasteiger partial charge in [-0.2, -0.15) is 4.98 Å². The van der Waals surface area contributed by atoms with Gasteiger partial charge in [0.2, 0.25) is 5.95 Å². The van der Waals surface area contributed by atoms with E-state index in [1.54, 1.807) is 32.7 Å². The zero-order chi connectivity index (χ0) is 25.1. The normalized spacial score (nSPS) is 16.9. The van der Waals surface area contributed by atoms with E-state index in [-0.39, 0.29) is 6.10 Å². The Labute approximate surface area is 210 Å². The van der Waals surface area contributed by atoms with Gasteiger partial charge in [-0.3, -0.25) is 4.98 Å². The van der Waals surface area contributed by atoms with Crippen LogP contribution >= 0.6 is 0 Å². The summed E-state index contributed by atoms with van der Waals surface area (Å²) in [6.45, 7) is 0. The number of anilines is 4. The lowest BCUT2D eigenvalue weighted by atomic mass is 9.88. The second kappa shape index (κ2) is 10.2. The summed E-state index contributed by atoms with van der Waals surface area (Å²) < 4.78 is 17.0. The number of rotatable bonds is 9. The smallest absolute Gasteiger partial charge is 0.229 e. The standard InChI is InChI=1S/C27H30N6O3/c1-33(2)20-13-22(14-20)36-24-8-6-18(12-25(24)35-4)31-27-28-10-9-26(32-27)30-19-11-17-5-7-21(34-3)15-23(17)29-16-19/h5-12,15-16,20,22H,13-14H2,1-4H3,(H2,28,30,31,32). The van der Waals surface area contributed by atoms with E-state index < -0.39 is 0 Å². The summed E-state index contributed by atoms with van der Waals surface area (Å²) in [5.41, 5.74) is 2.49. The van der Waals surface area contributed by atoms with Gasteiger partial charge in [0.1, 0.15) is 17.7 Å². The van der Waals surface area contributed by atoms with Gasteiger partial charge in [0.05, 0.1) is 31.6 Å². The third-order valence-corrected chi connectivity index (χ3v) is 6.33. The molecule has 5 rings (SSSR count). The third kappa shape index (κ3) is 5.26. The lowest BCUT2D eigenvalue weighted by Crippen LogP contribution is -2.46. The summed E-state index contributed by atoms with van der Waals surface area (Å²) in [5.74, 6) is 3.29. The summed E-state index contributed by atoms with van der Waals surface area (Å²) in [4.78, 5) is 15.7. The van der Waals surface area contributed by atoms with Crippen molar-refractivity contribution in [3.05, 3.63) is 60.9 Å². The zero-order valence-corrected chi connectivity index (χ0v) is 20.9. The van der Waals surface area contributed by atoms with E-state index >= 15 is 0 Å². The largest absolute Gasteiger partial charge is 0.497 e. The SMILES string of the molecule is COc1ccc2cc(Nc3ccnc(Nc4ccc(OC5CC(N(C)C)C5)c(OC)c4)n3)cnc2c1. The van der Waals surface area contributed by atoms with Crippen LogP contribution in [0, 0.1) is 0 Å². The lowest BCUT2D eigenvalue weighted by Gasteiger charge is -2.39. The van der Waals surface area contributed by atoms with Crippen molar-refractivity contribution in [2.24, 2.45) is 0 Å². The molecule has 0 saturated heterocycles. The molecule has 2 aromatic heterocycles. The van der Waals surface area contributed by atoms with E-state index in [4.69, 9.17) is 14.2 Å². The number of fused-ring (bicyclic) bond motifs is 1. The first-order valence-electron chi connectivity index (χ1n) is 11.8. The Morgan fingerprint density at radius 1 is 0.861 bits per heavy atom. The summed E-state index contributed by atoms with van der Waals surface area (Å²) in [7, 11) is 7.49. The Kier molecular flexibility index (Phi) is 6.73. The van der Waals surface area contributed by atoms with Crippen molar-refractivity contribution in [3.63, 3.8) is 0 Å². The van der Waals surface area contributed by atoms with Crippen molar-refractivity contribution < 1.29 is 14.2 Å². The average Bonchev–Trinajstić information content (AvgIpc) is 2.86. The average molecular weight is 487 g/mol. The van der Waals surface area contributed by atoms with Gasteiger partial charge in [0, 0.05) is 35.4 Å². The van der Waals surface area contributed by atoms with Gasteiger partial charge in [-0.15, -0.1) is 0 Å². The van der Waals surface area contributed by atoms with Gasteiger partial charge in [0.15, 0.2) is 11.5 Å². The number of nitrogens with one attached hydrogen (secondary N) is 2. The Morgan fingerprint density at radius 3 is 2.50 bits per heavy atom. The molecule has 1 saturated carbocycles. The molecule has 2 heterocycles. The van der Waals surface area contributed by atoms with Gasteiger partial charge in [-0.05, 0) is 63.3 Å². The highest BCUT2D eigenvalue weighted by Crippen LogP contribution is 2.36. The molecule has 1 fully saturated rings. The number of methoxy groups -OCH3 is 2. The predicted molar refractivity (Wildman–Crippen MR) is 141 cm³/mol. The zero-order valence-electron chi connectivity index (χ0n) is 20.9. The number of hydrogen-bond donors (Lipinski definition) is 2. The number of pyridine rings is 1. The Bertz CT molecular complexity index is 1360. The minimum Gasteiger partial charge on any atom is -0.497 e. The van der Waals surface area contributed by atoms with Crippen LogP contribution in [0.3, 0.4) is 0 Å². The summed E-state index contributed by atoms with van der Waals surface area (Å²) in [5, 5.41) is 7.54. The molecule has 9 nitrogen and oxygen atoms in total. The minimum absolute atomic E-state index is 0.211. The first-order chi connectivity index (χ1) is 17.5. The summed E-state index contributed by atoms with van der Waals surface area (Å²) >= 11 is 0. The van der Waals surface area contributed by atoms with Crippen LogP contribution in [0.2, 0.25) is 0 Å². The quantitative estimate of drug-likeness (QED) is 0.339. The van der Waals surface area contributed by atoms with Gasteiger partial charge in [-0.1, -0.05) is 0 Å². The lowest BCUT2D eigenvalue weighted by molar-refractivity contribution is 0.0383.